The Balaban J connectivity index is 1.69. The van der Waals surface area contributed by atoms with Gasteiger partial charge in [0.2, 0.25) is 5.91 Å². The van der Waals surface area contributed by atoms with Gasteiger partial charge in [-0.3, -0.25) is 4.79 Å². The van der Waals surface area contributed by atoms with Crippen LogP contribution in [0.5, 0.6) is 11.5 Å². The Hall–Kier alpha value is -3.39. The summed E-state index contributed by atoms with van der Waals surface area (Å²) in [5.74, 6) is 1.85. The fourth-order valence-corrected chi connectivity index (χ4v) is 3.42. The van der Waals surface area contributed by atoms with Crippen LogP contribution in [0.1, 0.15) is 12.8 Å². The van der Waals surface area contributed by atoms with Crippen LogP contribution in [0.4, 0.5) is 17.2 Å². The second-order valence-electron chi connectivity index (χ2n) is 6.79. The summed E-state index contributed by atoms with van der Waals surface area (Å²) in [6.45, 7) is 0.857. The van der Waals surface area contributed by atoms with Gasteiger partial charge in [-0.05, 0) is 37.6 Å². The third kappa shape index (κ3) is 4.07. The minimum Gasteiger partial charge on any atom is -0.497 e. The average Bonchev–Trinajstić information content (AvgIpc) is 3.29. The number of carbonyl (C=O) groups excluding carboxylic acids is 1. The van der Waals surface area contributed by atoms with Crippen molar-refractivity contribution in [3.05, 3.63) is 42.7 Å². The number of nitrogens with zero attached hydrogens (tertiary/aromatic N) is 2. The van der Waals surface area contributed by atoms with E-state index in [1.54, 1.807) is 20.3 Å². The molecule has 1 unspecified atom stereocenters. The molecule has 0 bridgehead atoms. The summed E-state index contributed by atoms with van der Waals surface area (Å²) in [6.07, 6.45) is 3.31. The third-order valence-corrected chi connectivity index (χ3v) is 4.92. The van der Waals surface area contributed by atoms with Crippen LogP contribution in [-0.2, 0) is 4.79 Å². The lowest BCUT2D eigenvalue weighted by Gasteiger charge is -2.16. The van der Waals surface area contributed by atoms with Crippen molar-refractivity contribution in [2.75, 3.05) is 31.4 Å². The quantitative estimate of drug-likeness (QED) is 0.592. The summed E-state index contributed by atoms with van der Waals surface area (Å²) in [5, 5.41) is 10.2. The number of rotatable bonds is 6. The van der Waals surface area contributed by atoms with Gasteiger partial charge in [0.1, 0.15) is 23.6 Å². The molecule has 1 atom stereocenters. The number of hydrogen-bond donors (Lipinski definition) is 3. The Bertz CT molecular complexity index is 1030. The van der Waals surface area contributed by atoms with Crippen molar-refractivity contribution in [3.8, 4) is 11.5 Å². The largest absolute Gasteiger partial charge is 0.497 e. The molecule has 4 rings (SSSR count). The number of anilines is 3. The van der Waals surface area contributed by atoms with E-state index in [4.69, 9.17) is 9.47 Å². The van der Waals surface area contributed by atoms with E-state index in [0.29, 0.717) is 22.8 Å². The minimum absolute atomic E-state index is 0.0701. The fraction of sp³-hybridized carbons (Fsp3) is 0.286. The van der Waals surface area contributed by atoms with Crippen molar-refractivity contribution in [2.45, 2.75) is 18.9 Å². The summed E-state index contributed by atoms with van der Waals surface area (Å²) in [4.78, 5) is 21.3. The van der Waals surface area contributed by atoms with Crippen LogP contribution < -0.4 is 25.4 Å². The van der Waals surface area contributed by atoms with E-state index in [1.807, 2.05) is 30.3 Å². The van der Waals surface area contributed by atoms with E-state index in [9.17, 15) is 4.79 Å². The molecule has 1 fully saturated rings. The van der Waals surface area contributed by atoms with Crippen molar-refractivity contribution in [1.82, 2.24) is 15.3 Å². The zero-order valence-corrected chi connectivity index (χ0v) is 16.4. The maximum atomic E-state index is 12.6. The molecule has 1 aliphatic heterocycles. The number of nitrogens with one attached hydrogen (secondary N) is 3. The van der Waals surface area contributed by atoms with E-state index in [2.05, 4.69) is 25.9 Å². The number of amides is 1. The summed E-state index contributed by atoms with van der Waals surface area (Å²) >= 11 is 0. The van der Waals surface area contributed by atoms with Gasteiger partial charge >= 0.3 is 0 Å². The standard InChI is InChI=1S/C21H23N5O3/c1-28-14-6-3-5-13(9-14)25-20-15-10-18(26-21(27)16-7-4-8-22-16)19(29-2)11-17(15)23-12-24-20/h3,5-6,9-12,16,22H,4,7-8H2,1-2H3,(H,26,27)(H,23,24,25). The van der Waals surface area contributed by atoms with Crippen LogP contribution in [0, 0.1) is 0 Å². The lowest BCUT2D eigenvalue weighted by molar-refractivity contribution is -0.117. The van der Waals surface area contributed by atoms with E-state index < -0.39 is 0 Å². The second kappa shape index (κ2) is 8.32. The van der Waals surface area contributed by atoms with Gasteiger partial charge in [-0.25, -0.2) is 9.97 Å². The minimum atomic E-state index is -0.184. The van der Waals surface area contributed by atoms with Crippen molar-refractivity contribution in [2.24, 2.45) is 0 Å². The van der Waals surface area contributed by atoms with Crippen LogP contribution in [0.3, 0.4) is 0 Å². The molecule has 1 amide bonds. The van der Waals surface area contributed by atoms with Crippen molar-refractivity contribution >= 4 is 34.0 Å². The lowest BCUT2D eigenvalue weighted by Crippen LogP contribution is -2.35. The predicted molar refractivity (Wildman–Crippen MR) is 112 cm³/mol. The SMILES string of the molecule is COc1cccc(Nc2ncnc3cc(OC)c(NC(=O)C4CCCN4)cc23)c1. The number of benzene rings is 2. The van der Waals surface area contributed by atoms with Crippen LogP contribution >= 0.6 is 0 Å². The normalized spacial score (nSPS) is 15.9. The molecule has 8 heteroatoms. The molecule has 0 aliphatic carbocycles. The molecule has 150 valence electrons. The molecular formula is C21H23N5O3. The van der Waals surface area contributed by atoms with Crippen LogP contribution in [0.2, 0.25) is 0 Å². The first-order valence-corrected chi connectivity index (χ1v) is 9.46. The number of hydrogen-bond acceptors (Lipinski definition) is 7. The van der Waals surface area contributed by atoms with E-state index >= 15 is 0 Å². The van der Waals surface area contributed by atoms with E-state index in [0.717, 1.165) is 36.2 Å². The highest BCUT2D eigenvalue weighted by Crippen LogP contribution is 2.33. The van der Waals surface area contributed by atoms with Gasteiger partial charge in [-0.15, -0.1) is 0 Å². The number of fused-ring (bicyclic) bond motifs is 1. The first-order valence-electron chi connectivity index (χ1n) is 9.46. The summed E-state index contributed by atoms with van der Waals surface area (Å²) in [7, 11) is 3.20. The lowest BCUT2D eigenvalue weighted by atomic mass is 10.1. The average molecular weight is 393 g/mol. The molecule has 0 saturated carbocycles. The second-order valence-corrected chi connectivity index (χ2v) is 6.79. The third-order valence-electron chi connectivity index (χ3n) is 4.92. The first-order chi connectivity index (χ1) is 14.2. The number of aromatic nitrogens is 2. The topological polar surface area (TPSA) is 97.4 Å². The first kappa shape index (κ1) is 18.9. The molecule has 3 N–H and O–H groups in total. The van der Waals surface area contributed by atoms with E-state index in [-0.39, 0.29) is 11.9 Å². The number of methoxy groups -OCH3 is 2. The Morgan fingerprint density at radius 2 is 2.07 bits per heavy atom. The van der Waals surface area contributed by atoms with Gasteiger partial charge in [0.25, 0.3) is 0 Å². The highest BCUT2D eigenvalue weighted by atomic mass is 16.5. The highest BCUT2D eigenvalue weighted by molar-refractivity contribution is 6.01. The monoisotopic (exact) mass is 393 g/mol. The van der Waals surface area contributed by atoms with Gasteiger partial charge in [0.05, 0.1) is 31.5 Å². The molecule has 0 spiro atoms. The number of ether oxygens (including phenoxy) is 2. The Labute approximate surface area is 168 Å². The van der Waals surface area contributed by atoms with Gasteiger partial charge in [-0.2, -0.15) is 0 Å². The number of carbonyl (C=O) groups is 1. The molecular weight excluding hydrogens is 370 g/mol. The summed E-state index contributed by atoms with van der Waals surface area (Å²) < 4.78 is 10.8. The maximum Gasteiger partial charge on any atom is 0.241 e. The van der Waals surface area contributed by atoms with Crippen molar-refractivity contribution < 1.29 is 14.3 Å². The highest BCUT2D eigenvalue weighted by Gasteiger charge is 2.23. The molecule has 0 radical (unpaired) electrons. The van der Waals surface area contributed by atoms with Gasteiger partial charge < -0.3 is 25.4 Å². The summed E-state index contributed by atoms with van der Waals surface area (Å²) in [5.41, 5.74) is 2.13. The molecule has 3 aromatic rings. The zero-order valence-electron chi connectivity index (χ0n) is 16.4. The fourth-order valence-electron chi connectivity index (χ4n) is 3.42. The Kier molecular flexibility index (Phi) is 5.44. The zero-order chi connectivity index (χ0) is 20.2. The van der Waals surface area contributed by atoms with E-state index in [1.165, 1.54) is 6.33 Å². The molecule has 2 aromatic carbocycles. The van der Waals surface area contributed by atoms with Gasteiger partial charge in [-0.1, -0.05) is 6.07 Å². The Morgan fingerprint density at radius 3 is 2.83 bits per heavy atom. The summed E-state index contributed by atoms with van der Waals surface area (Å²) in [6, 6.07) is 11.0. The van der Waals surface area contributed by atoms with Gasteiger partial charge in [0, 0.05) is 23.2 Å². The maximum absolute atomic E-state index is 12.6. The van der Waals surface area contributed by atoms with Gasteiger partial charge in [0.15, 0.2) is 0 Å². The molecule has 2 heterocycles. The molecule has 8 nitrogen and oxygen atoms in total. The van der Waals surface area contributed by atoms with Crippen molar-refractivity contribution in [1.29, 1.82) is 0 Å². The smallest absolute Gasteiger partial charge is 0.241 e. The van der Waals surface area contributed by atoms with Crippen LogP contribution in [0.25, 0.3) is 10.9 Å². The molecule has 1 saturated heterocycles. The molecule has 29 heavy (non-hydrogen) atoms. The molecule has 1 aromatic heterocycles. The molecule has 1 aliphatic rings. The van der Waals surface area contributed by atoms with Crippen LogP contribution in [0.15, 0.2) is 42.7 Å². The Morgan fingerprint density at radius 1 is 1.17 bits per heavy atom. The van der Waals surface area contributed by atoms with Crippen LogP contribution in [-0.4, -0.2) is 42.7 Å². The predicted octanol–water partition coefficient (Wildman–Crippen LogP) is 3.08. The van der Waals surface area contributed by atoms with Crippen molar-refractivity contribution in [3.63, 3.8) is 0 Å².